The Morgan fingerprint density at radius 3 is 1.03 bits per heavy atom. The lowest BCUT2D eigenvalue weighted by atomic mass is 10.0. The predicted molar refractivity (Wildman–Crippen MR) is 138 cm³/mol. The minimum atomic E-state index is 0.792. The van der Waals surface area contributed by atoms with Crippen LogP contribution in [0.4, 0.5) is 17.1 Å². The van der Waals surface area contributed by atoms with Crippen molar-refractivity contribution in [1.82, 2.24) is 0 Å². The molecule has 3 nitrogen and oxygen atoms in total. The highest BCUT2D eigenvalue weighted by Gasteiger charge is 2.21. The van der Waals surface area contributed by atoms with E-state index in [4.69, 9.17) is 17.2 Å². The lowest BCUT2D eigenvalue weighted by Crippen LogP contribution is -1.82. The van der Waals surface area contributed by atoms with Gasteiger partial charge >= 0.3 is 0 Å². The molecule has 0 bridgehead atoms. The topological polar surface area (TPSA) is 78.1 Å². The van der Waals surface area contributed by atoms with Crippen LogP contribution in [0.3, 0.4) is 0 Å². The van der Waals surface area contributed by atoms with Gasteiger partial charge in [-0.3, -0.25) is 0 Å². The quantitative estimate of drug-likeness (QED) is 0.213. The molecule has 3 heterocycles. The second-order valence-electron chi connectivity index (χ2n) is 7.69. The van der Waals surface area contributed by atoms with Crippen LogP contribution in [-0.4, -0.2) is 0 Å². The maximum absolute atomic E-state index is 6.19. The van der Waals surface area contributed by atoms with Crippen LogP contribution >= 0.6 is 34.0 Å². The zero-order valence-electron chi connectivity index (χ0n) is 15.7. The number of nitrogens with two attached hydrogens (primary N) is 3. The third-order valence-electron chi connectivity index (χ3n) is 5.82. The highest BCUT2D eigenvalue weighted by molar-refractivity contribution is 7.33. The summed E-state index contributed by atoms with van der Waals surface area (Å²) in [6.07, 6.45) is 0. The summed E-state index contributed by atoms with van der Waals surface area (Å²) in [6, 6.07) is 18.7. The average molecular weight is 442 g/mol. The van der Waals surface area contributed by atoms with Gasteiger partial charge in [0.05, 0.1) is 0 Å². The van der Waals surface area contributed by atoms with Crippen LogP contribution in [0.15, 0.2) is 54.6 Å². The number of fused-ring (bicyclic) bond motifs is 12. The van der Waals surface area contributed by atoms with E-state index in [0.717, 1.165) is 17.1 Å². The Morgan fingerprint density at radius 2 is 0.733 bits per heavy atom. The highest BCUT2D eigenvalue weighted by atomic mass is 32.1. The molecule has 0 unspecified atom stereocenters. The van der Waals surface area contributed by atoms with Gasteiger partial charge in [0.2, 0.25) is 0 Å². The van der Waals surface area contributed by atoms with Gasteiger partial charge in [0.25, 0.3) is 0 Å². The molecular weight excluding hydrogens is 426 g/mol. The summed E-state index contributed by atoms with van der Waals surface area (Å²) in [6.45, 7) is 0. The van der Waals surface area contributed by atoms with Gasteiger partial charge in [0, 0.05) is 77.6 Å². The molecule has 0 saturated carbocycles. The zero-order valence-corrected chi connectivity index (χ0v) is 18.1. The van der Waals surface area contributed by atoms with Crippen molar-refractivity contribution in [3.8, 4) is 0 Å². The van der Waals surface area contributed by atoms with Crippen LogP contribution in [-0.2, 0) is 0 Å². The summed E-state index contributed by atoms with van der Waals surface area (Å²) in [5.41, 5.74) is 21.0. The first kappa shape index (κ1) is 16.7. The van der Waals surface area contributed by atoms with E-state index in [1.165, 1.54) is 60.5 Å². The first-order chi connectivity index (χ1) is 14.6. The molecule has 6 N–H and O–H groups in total. The molecule has 0 spiro atoms. The Morgan fingerprint density at radius 1 is 0.433 bits per heavy atom. The third-order valence-corrected chi connectivity index (χ3v) is 9.38. The predicted octanol–water partition coefficient (Wildman–Crippen LogP) is 7.54. The molecule has 0 atom stereocenters. The molecule has 0 fully saturated rings. The van der Waals surface area contributed by atoms with Gasteiger partial charge in [-0.25, -0.2) is 0 Å². The second kappa shape index (κ2) is 5.55. The lowest BCUT2D eigenvalue weighted by Gasteiger charge is -2.01. The van der Waals surface area contributed by atoms with E-state index in [0.29, 0.717) is 0 Å². The summed E-state index contributed by atoms with van der Waals surface area (Å²) in [7, 11) is 0. The number of anilines is 3. The van der Waals surface area contributed by atoms with Gasteiger partial charge in [-0.15, -0.1) is 34.0 Å². The minimum absolute atomic E-state index is 0.792. The number of hydrogen-bond acceptors (Lipinski definition) is 6. The highest BCUT2D eigenvalue weighted by Crippen LogP contribution is 2.53. The van der Waals surface area contributed by atoms with Crippen LogP contribution in [0.25, 0.3) is 60.5 Å². The molecule has 30 heavy (non-hydrogen) atoms. The van der Waals surface area contributed by atoms with Crippen LogP contribution in [0.5, 0.6) is 0 Å². The summed E-state index contributed by atoms with van der Waals surface area (Å²) < 4.78 is 7.72. The van der Waals surface area contributed by atoms with Crippen LogP contribution in [0, 0.1) is 0 Å². The van der Waals surface area contributed by atoms with E-state index < -0.39 is 0 Å². The van der Waals surface area contributed by atoms with E-state index in [9.17, 15) is 0 Å². The zero-order chi connectivity index (χ0) is 20.1. The SMILES string of the molecule is Nc1ccc2sc3c(c2c1)c1sc2ccc(N)cc2c1c1sc2ccc(N)cc2c31. The molecule has 0 aliphatic carbocycles. The molecule has 6 heteroatoms. The van der Waals surface area contributed by atoms with Gasteiger partial charge < -0.3 is 17.2 Å². The normalized spacial score (nSPS) is 12.4. The third kappa shape index (κ3) is 2.03. The van der Waals surface area contributed by atoms with Gasteiger partial charge in [-0.2, -0.15) is 0 Å². The maximum atomic E-state index is 6.19. The number of nitrogen functional groups attached to an aromatic ring is 3. The molecule has 7 rings (SSSR count). The molecule has 0 radical (unpaired) electrons. The van der Waals surface area contributed by atoms with Crippen molar-refractivity contribution in [3.63, 3.8) is 0 Å². The maximum Gasteiger partial charge on any atom is 0.0463 e. The minimum Gasteiger partial charge on any atom is -0.399 e. The Bertz CT molecular complexity index is 1590. The standard InChI is InChI=1S/C24H15N3S3/c25-10-1-4-16-13(7-10)19-22(28-16)20-14-8-11(26)2-5-17(14)30-24(20)21-15-9-12(27)3-6-18(15)29-23(19)21/h1-9H,25-27H2. The summed E-state index contributed by atoms with van der Waals surface area (Å²) >= 11 is 5.54. The lowest BCUT2D eigenvalue weighted by molar-refractivity contribution is 1.80. The van der Waals surface area contributed by atoms with Crippen molar-refractivity contribution in [2.24, 2.45) is 0 Å². The monoisotopic (exact) mass is 441 g/mol. The van der Waals surface area contributed by atoms with E-state index in [1.807, 2.05) is 52.2 Å². The van der Waals surface area contributed by atoms with Crippen LogP contribution < -0.4 is 17.2 Å². The van der Waals surface area contributed by atoms with E-state index in [1.54, 1.807) is 0 Å². The van der Waals surface area contributed by atoms with E-state index in [-0.39, 0.29) is 0 Å². The van der Waals surface area contributed by atoms with Crippen molar-refractivity contribution in [2.75, 3.05) is 17.2 Å². The first-order valence-electron chi connectivity index (χ1n) is 9.55. The Hall–Kier alpha value is -3.06. The molecule has 0 aliphatic heterocycles. The van der Waals surface area contributed by atoms with Crippen molar-refractivity contribution >= 4 is 112 Å². The van der Waals surface area contributed by atoms with Gasteiger partial charge in [-0.05, 0) is 54.6 Å². The summed E-state index contributed by atoms with van der Waals surface area (Å²) in [5, 5.41) is 7.57. The fourth-order valence-electron chi connectivity index (χ4n) is 4.55. The van der Waals surface area contributed by atoms with Crippen molar-refractivity contribution in [1.29, 1.82) is 0 Å². The Kier molecular flexibility index (Phi) is 3.09. The molecule has 0 amide bonds. The Balaban J connectivity index is 1.90. The average Bonchev–Trinajstić information content (AvgIpc) is 3.38. The van der Waals surface area contributed by atoms with Gasteiger partial charge in [0.15, 0.2) is 0 Å². The smallest absolute Gasteiger partial charge is 0.0463 e. The Labute approximate surface area is 182 Å². The molecule has 144 valence electrons. The van der Waals surface area contributed by atoms with Crippen molar-refractivity contribution in [3.05, 3.63) is 54.6 Å². The number of rotatable bonds is 0. The molecule has 4 aromatic carbocycles. The summed E-state index contributed by atoms with van der Waals surface area (Å²) in [4.78, 5) is 0. The van der Waals surface area contributed by atoms with Crippen molar-refractivity contribution in [2.45, 2.75) is 0 Å². The molecular formula is C24H15N3S3. The largest absolute Gasteiger partial charge is 0.399 e. The van der Waals surface area contributed by atoms with Gasteiger partial charge in [-0.1, -0.05) is 0 Å². The summed E-state index contributed by atoms with van der Waals surface area (Å²) in [5.74, 6) is 0. The number of hydrogen-bond donors (Lipinski definition) is 3. The van der Waals surface area contributed by atoms with Crippen molar-refractivity contribution < 1.29 is 0 Å². The molecule has 0 aliphatic rings. The molecule has 0 saturated heterocycles. The van der Waals surface area contributed by atoms with E-state index >= 15 is 0 Å². The second-order valence-corrected chi connectivity index (χ2v) is 10.8. The molecule has 3 aromatic heterocycles. The van der Waals surface area contributed by atoms with E-state index in [2.05, 4.69) is 36.4 Å². The fraction of sp³-hybridized carbons (Fsp3) is 0. The fourth-order valence-corrected chi connectivity index (χ4v) is 8.51. The number of thiophene rings is 3. The van der Waals surface area contributed by atoms with Crippen LogP contribution in [0.2, 0.25) is 0 Å². The number of benzene rings is 4. The molecule has 7 aromatic rings. The van der Waals surface area contributed by atoms with Crippen LogP contribution in [0.1, 0.15) is 0 Å². The first-order valence-corrected chi connectivity index (χ1v) is 12.0. The van der Waals surface area contributed by atoms with Gasteiger partial charge in [0.1, 0.15) is 0 Å².